The van der Waals surface area contributed by atoms with Crippen LogP contribution in [0.4, 0.5) is 0 Å². The van der Waals surface area contributed by atoms with Gasteiger partial charge in [0.2, 0.25) is 35.4 Å². The van der Waals surface area contributed by atoms with Gasteiger partial charge in [0, 0.05) is 33.3 Å². The predicted octanol–water partition coefficient (Wildman–Crippen LogP) is 2.53. The summed E-state index contributed by atoms with van der Waals surface area (Å²) in [6, 6.07) is 12.7. The number of nitrogens with zero attached hydrogens (tertiary/aromatic N) is 5. The van der Waals surface area contributed by atoms with Crippen molar-refractivity contribution in [2.45, 2.75) is 142 Å². The van der Waals surface area contributed by atoms with E-state index in [4.69, 9.17) is 0 Å². The average molecular weight is 1010 g/mol. The van der Waals surface area contributed by atoms with Crippen LogP contribution in [0.25, 0.3) is 0 Å². The minimum absolute atomic E-state index is 0.0291. The molecule has 0 saturated carbocycles. The number of hydrogen-bond acceptors (Lipinski definition) is 11. The molecule has 398 valence electrons. The van der Waals surface area contributed by atoms with E-state index >= 15 is 0 Å². The summed E-state index contributed by atoms with van der Waals surface area (Å²) in [6.45, 7) is 17.9. The van der Waals surface area contributed by atoms with Crippen LogP contribution in [-0.4, -0.2) is 167 Å². The van der Waals surface area contributed by atoms with Gasteiger partial charge in [-0.15, -0.1) is 0 Å². The van der Waals surface area contributed by atoms with Gasteiger partial charge >= 0.3 is 0 Å². The number of nitrogens with one attached hydrogen (secondary N) is 7. The highest BCUT2D eigenvalue weighted by molar-refractivity contribution is 5.99. The van der Waals surface area contributed by atoms with Crippen LogP contribution >= 0.6 is 0 Å². The summed E-state index contributed by atoms with van der Waals surface area (Å²) in [7, 11) is 6.37. The van der Waals surface area contributed by atoms with Crippen LogP contribution in [0.2, 0.25) is 0 Å². The van der Waals surface area contributed by atoms with Crippen LogP contribution in [0, 0.1) is 10.8 Å². The van der Waals surface area contributed by atoms with Gasteiger partial charge in [-0.25, -0.2) is 0 Å². The lowest BCUT2D eigenvalue weighted by Gasteiger charge is -2.36. The number of carbonyl (C=O) groups is 8. The van der Waals surface area contributed by atoms with E-state index in [1.807, 2.05) is 116 Å². The Morgan fingerprint density at radius 1 is 0.589 bits per heavy atom. The van der Waals surface area contributed by atoms with E-state index in [0.717, 1.165) is 11.1 Å². The number of benzene rings is 2. The fourth-order valence-corrected chi connectivity index (χ4v) is 9.11. The molecule has 20 nitrogen and oxygen atoms in total. The van der Waals surface area contributed by atoms with Gasteiger partial charge in [-0.1, -0.05) is 102 Å². The Bertz CT molecular complexity index is 2290. The molecule has 2 fully saturated rings. The first kappa shape index (κ1) is 57.2. The molecule has 0 spiro atoms. The van der Waals surface area contributed by atoms with Crippen molar-refractivity contribution in [1.82, 2.24) is 61.7 Å². The molecule has 73 heavy (non-hydrogen) atoms. The zero-order valence-corrected chi connectivity index (χ0v) is 45.0. The van der Waals surface area contributed by atoms with Gasteiger partial charge in [-0.05, 0) is 76.6 Å². The largest absolute Gasteiger partial charge is 0.348 e. The minimum Gasteiger partial charge on any atom is -0.348 e. The lowest BCUT2D eigenvalue weighted by Crippen LogP contribution is -2.59. The van der Waals surface area contributed by atoms with Gasteiger partial charge in [0.15, 0.2) is 5.69 Å². The normalized spacial score (nSPS) is 20.4. The topological polar surface area (TPSA) is 250 Å². The zero-order valence-electron chi connectivity index (χ0n) is 45.0. The molecular formula is C53H78N12O8. The van der Waals surface area contributed by atoms with Crippen LogP contribution < -0.4 is 31.9 Å². The first-order chi connectivity index (χ1) is 34.2. The fourth-order valence-electron chi connectivity index (χ4n) is 9.11. The van der Waals surface area contributed by atoms with Crippen molar-refractivity contribution in [1.29, 1.82) is 0 Å². The summed E-state index contributed by atoms with van der Waals surface area (Å²) in [5, 5.41) is 24.6. The Hall–Kier alpha value is -6.67. The Balaban J connectivity index is 1.38. The smallest absolute Gasteiger partial charge is 0.274 e. The van der Waals surface area contributed by atoms with E-state index in [-0.39, 0.29) is 49.1 Å². The van der Waals surface area contributed by atoms with Crippen molar-refractivity contribution in [2.24, 2.45) is 10.8 Å². The van der Waals surface area contributed by atoms with Gasteiger partial charge in [-0.2, -0.15) is 5.10 Å². The molecule has 0 unspecified atom stereocenters. The number of likely N-dealkylation sites (tertiary alicyclic amines) is 2. The van der Waals surface area contributed by atoms with Gasteiger partial charge in [0.25, 0.3) is 11.8 Å². The maximum absolute atomic E-state index is 14.6. The molecule has 5 rings (SSSR count). The van der Waals surface area contributed by atoms with E-state index in [1.165, 1.54) is 25.7 Å². The average Bonchev–Trinajstić information content (AvgIpc) is 4.15. The molecule has 8 amide bonds. The van der Waals surface area contributed by atoms with Gasteiger partial charge in [0.05, 0.1) is 36.3 Å². The summed E-state index contributed by atoms with van der Waals surface area (Å²) in [5.41, 5.74) is 0.0679. The summed E-state index contributed by atoms with van der Waals surface area (Å²) < 4.78 is 0. The molecule has 20 heteroatoms. The van der Waals surface area contributed by atoms with E-state index in [0.29, 0.717) is 0 Å². The maximum atomic E-state index is 14.6. The third-order valence-electron chi connectivity index (χ3n) is 14.3. The summed E-state index contributed by atoms with van der Waals surface area (Å²) in [5.74, 6) is -3.72. The predicted molar refractivity (Wildman–Crippen MR) is 276 cm³/mol. The van der Waals surface area contributed by atoms with Crippen molar-refractivity contribution in [3.63, 3.8) is 0 Å². The number of rotatable bonds is 18. The molecular weight excluding hydrogens is 933 g/mol. The number of likely N-dealkylation sites (N-methyl/N-ethyl adjacent to an activating group) is 4. The third-order valence-corrected chi connectivity index (χ3v) is 14.3. The fraction of sp³-hybridized carbons (Fsp3) is 0.566. The quantitative estimate of drug-likeness (QED) is 0.0976. The van der Waals surface area contributed by atoms with E-state index in [9.17, 15) is 38.4 Å². The molecule has 0 bridgehead atoms. The van der Waals surface area contributed by atoms with Crippen LogP contribution in [0.1, 0.15) is 126 Å². The van der Waals surface area contributed by atoms with Crippen LogP contribution in [-0.2, 0) is 28.8 Å². The SMILES string of the molecule is CN[C@@H](C)C(=O)N[C@H](C(=O)N1C[C@@H](N(C)C(=O)c2cc(C(=O)N(C)[C@H]3C[C@@H](C(=O)N[C@H](C)c4ccccc4)N(C(=O)[C@@H](NC(=O)[C@H](C)NC)C(C)(C)C)C3)[nH]n2)C[C@H]1C(=O)N[C@H](C)c1ccccc1)C(C)(C)C. The Labute approximate surface area is 429 Å². The van der Waals surface area contributed by atoms with Crippen LogP contribution in [0.5, 0.6) is 0 Å². The van der Waals surface area contributed by atoms with Crippen molar-refractivity contribution in [3.8, 4) is 0 Å². The molecule has 3 heterocycles. The van der Waals surface area contributed by atoms with Crippen molar-refractivity contribution in [2.75, 3.05) is 41.3 Å². The second-order valence-corrected chi connectivity index (χ2v) is 21.7. The molecule has 2 aromatic carbocycles. The van der Waals surface area contributed by atoms with Crippen LogP contribution in [0.3, 0.4) is 0 Å². The highest BCUT2D eigenvalue weighted by Gasteiger charge is 2.49. The highest BCUT2D eigenvalue weighted by atomic mass is 16.2. The summed E-state index contributed by atoms with van der Waals surface area (Å²) in [6.07, 6.45) is 0.147. The van der Waals surface area contributed by atoms with E-state index < -0.39 is 107 Å². The number of aromatic nitrogens is 2. The minimum atomic E-state index is -1.02. The molecule has 0 aliphatic carbocycles. The summed E-state index contributed by atoms with van der Waals surface area (Å²) in [4.78, 5) is 118. The van der Waals surface area contributed by atoms with Crippen molar-refractivity contribution >= 4 is 47.3 Å². The second-order valence-electron chi connectivity index (χ2n) is 21.7. The van der Waals surface area contributed by atoms with Crippen LogP contribution in [0.15, 0.2) is 66.7 Å². The lowest BCUT2D eigenvalue weighted by molar-refractivity contribution is -0.144. The Morgan fingerprint density at radius 2 is 0.959 bits per heavy atom. The molecule has 2 aliphatic rings. The van der Waals surface area contributed by atoms with Crippen molar-refractivity contribution < 1.29 is 38.4 Å². The standard InChI is InChI=1S/C53H78N12O8/c1-30(34-21-17-15-18-22-34)56-46(68)40-25-36(28-64(40)50(72)42(52(5,6)7)58-44(66)32(3)54-11)62(13)48(70)38-27-39(61-60-38)49(71)63(14)37-26-41(47(69)57-31(2)35-23-19-16-20-24-35)65(29-37)51(73)43(53(8,9)10)59-45(67)33(4)55-12/h15-24,27,30-33,36-37,40-43,54-55H,25-26,28-29H2,1-14H3,(H,56,68)(H,57,69)(H,58,66)(H,59,67)(H,60,61)/t30-,31-,32+,33+,36+,37+,40+,41+,42-,43-/m1/s1. The molecule has 2 aliphatic heterocycles. The number of H-pyrrole nitrogens is 1. The monoisotopic (exact) mass is 1010 g/mol. The number of aromatic amines is 1. The van der Waals surface area contributed by atoms with Gasteiger partial charge in [0.1, 0.15) is 29.9 Å². The molecule has 7 N–H and O–H groups in total. The molecule has 1 aromatic heterocycles. The first-order valence-electron chi connectivity index (χ1n) is 25.1. The van der Waals surface area contributed by atoms with Gasteiger partial charge < -0.3 is 51.5 Å². The molecule has 10 atom stereocenters. The Morgan fingerprint density at radius 3 is 1.32 bits per heavy atom. The second kappa shape index (κ2) is 23.9. The molecule has 0 radical (unpaired) electrons. The number of amides is 8. The van der Waals surface area contributed by atoms with Crippen molar-refractivity contribution in [3.05, 3.63) is 89.2 Å². The lowest BCUT2D eigenvalue weighted by atomic mass is 9.85. The van der Waals surface area contributed by atoms with E-state index in [1.54, 1.807) is 42.0 Å². The third kappa shape index (κ3) is 13.7. The maximum Gasteiger partial charge on any atom is 0.274 e. The zero-order chi connectivity index (χ0) is 54.3. The number of hydrogen-bond donors (Lipinski definition) is 7. The Kier molecular flexibility index (Phi) is 18.7. The molecule has 2 saturated heterocycles. The summed E-state index contributed by atoms with van der Waals surface area (Å²) >= 11 is 0. The number of carbonyl (C=O) groups excluding carboxylic acids is 8. The molecule has 3 aromatic rings. The first-order valence-corrected chi connectivity index (χ1v) is 25.1. The van der Waals surface area contributed by atoms with E-state index in [2.05, 4.69) is 42.1 Å². The highest BCUT2D eigenvalue weighted by Crippen LogP contribution is 2.31. The van der Waals surface area contributed by atoms with Gasteiger partial charge in [-0.3, -0.25) is 43.5 Å².